The van der Waals surface area contributed by atoms with Gasteiger partial charge in [0.25, 0.3) is 0 Å². The van der Waals surface area contributed by atoms with E-state index in [9.17, 15) is 48.3 Å². The number of para-hydroxylation sites is 1. The molecule has 0 fully saturated rings. The van der Waals surface area contributed by atoms with Gasteiger partial charge in [-0.1, -0.05) is 161 Å². The Balaban J connectivity index is 1.36. The van der Waals surface area contributed by atoms with Crippen LogP contribution in [0.25, 0.3) is 6.08 Å². The van der Waals surface area contributed by atoms with Gasteiger partial charge in [-0.3, -0.25) is 28.8 Å². The molecule has 4 aromatic rings. The molecule has 0 radical (unpaired) electrons. The van der Waals surface area contributed by atoms with Crippen LogP contribution in [0.3, 0.4) is 0 Å². The summed E-state index contributed by atoms with van der Waals surface area (Å²) in [5.74, 6) is -4.38. The van der Waals surface area contributed by atoms with Crippen LogP contribution in [-0.2, 0) is 69.8 Å². The van der Waals surface area contributed by atoms with E-state index in [4.69, 9.17) is 10.5 Å². The number of primary amides is 1. The molecule has 0 saturated heterocycles. The molecule has 21 nitrogen and oxygen atoms in total. The predicted octanol–water partition coefficient (Wildman–Crippen LogP) is 8.56. The largest absolute Gasteiger partial charge is 0.478 e. The summed E-state index contributed by atoms with van der Waals surface area (Å²) in [7, 11) is 3.30. The number of carboxylic acid groups (broad SMARTS) is 1. The number of nitrogens with zero attached hydrogens (tertiary/aromatic N) is 2. The molecule has 9 amide bonds. The SMILES string of the molecule is C=Cc1ccccc1N(Cc1ccccc1CC)C(=O)CCC(=O)N[C@H](C(=O)N[C@@H](CCCNC(N)=O)C(=O)Nc1ccc(COC(=O)NCc2ccc(C(C)(C)[C@@H](NC)C(=O)N[C@H](C(=O)N(C)[C@@H](/C=C(\C)C(=O)O)C(C)C)C(C)(C)C)cc2C)cc1)C(C)C. The highest BCUT2D eigenvalue weighted by atomic mass is 16.5. The van der Waals surface area contributed by atoms with Crippen molar-refractivity contribution in [1.29, 1.82) is 0 Å². The van der Waals surface area contributed by atoms with Gasteiger partial charge in [-0.25, -0.2) is 14.4 Å². The summed E-state index contributed by atoms with van der Waals surface area (Å²) >= 11 is 0. The van der Waals surface area contributed by atoms with Gasteiger partial charge in [0.05, 0.1) is 24.3 Å². The van der Waals surface area contributed by atoms with E-state index in [1.54, 1.807) is 69.3 Å². The van der Waals surface area contributed by atoms with Crippen molar-refractivity contribution in [3.8, 4) is 0 Å². The summed E-state index contributed by atoms with van der Waals surface area (Å²) in [4.78, 5) is 123. The number of rotatable bonds is 32. The highest BCUT2D eigenvalue weighted by Crippen LogP contribution is 2.32. The van der Waals surface area contributed by atoms with Crippen molar-refractivity contribution >= 4 is 71.0 Å². The Kier molecular flexibility index (Phi) is 28.0. The first-order chi connectivity index (χ1) is 42.3. The summed E-state index contributed by atoms with van der Waals surface area (Å²) in [6.45, 7) is 26.5. The standard InChI is InChI=1S/C69H96N10O11/c1-16-47-23-18-19-25-50(47)40-79(54-27-21-20-24-48(54)17-2)57(81)35-34-56(80)76-58(43(5)6)62(83)75-53(26-22-36-72-66(70)88)61(82)74-52-32-28-46(29-33-52)41-90-67(89)73-39-49-30-31-51(37-44(49)7)69(12,13)59(71-14)63(84)77-60(68(9,10)11)64(85)78(15)55(42(3)4)38-45(8)65(86)87/h17-21,23-25,27-33,37-38,42-43,53,55,58-60,71H,2,16,22,26,34-36,39-41H2,1,3-15H3,(H,73,89)(H,74,82)(H,75,83)(H,76,80)(H,77,84)(H,86,87)(H3,70,72,88)/b45-38+/t53-,55-,58-,59-,60+/m0/s1. The minimum Gasteiger partial charge on any atom is -0.478 e. The average Bonchev–Trinajstić information content (AvgIpc) is 0.985. The average molecular weight is 1240 g/mol. The van der Waals surface area contributed by atoms with Crippen molar-refractivity contribution in [3.63, 3.8) is 0 Å². The van der Waals surface area contributed by atoms with Gasteiger partial charge in [-0.05, 0) is 115 Å². The molecular formula is C69H96N10O11. The second kappa shape index (κ2) is 34.2. The molecule has 90 heavy (non-hydrogen) atoms. The zero-order chi connectivity index (χ0) is 67.2. The molecule has 4 rings (SSSR count). The molecular weight excluding hydrogens is 1140 g/mol. The molecule has 0 aliphatic carbocycles. The van der Waals surface area contributed by atoms with E-state index >= 15 is 0 Å². The first kappa shape index (κ1) is 73.6. The van der Waals surface area contributed by atoms with E-state index in [1.165, 1.54) is 11.8 Å². The van der Waals surface area contributed by atoms with E-state index in [2.05, 4.69) is 43.8 Å². The van der Waals surface area contributed by atoms with E-state index in [1.807, 2.05) is 129 Å². The first-order valence-corrected chi connectivity index (χ1v) is 30.6. The number of hydrogen-bond acceptors (Lipinski definition) is 11. The number of alkyl carbamates (subject to hydrolysis) is 1. The highest BCUT2D eigenvalue weighted by molar-refractivity contribution is 6.00. The second-order valence-electron chi connectivity index (χ2n) is 25.0. The number of nitrogens with two attached hydrogens (primary N) is 1. The van der Waals surface area contributed by atoms with Crippen molar-refractivity contribution < 1.29 is 53.0 Å². The third-order valence-electron chi connectivity index (χ3n) is 16.0. The van der Waals surface area contributed by atoms with Gasteiger partial charge in [0, 0.05) is 49.7 Å². The number of ether oxygens (including phenoxy) is 1. The number of nitrogens with one attached hydrogen (secondary N) is 7. The number of carbonyl (C=O) groups excluding carboxylic acids is 8. The molecule has 0 bridgehead atoms. The van der Waals surface area contributed by atoms with Crippen LogP contribution in [0, 0.1) is 24.2 Å². The highest BCUT2D eigenvalue weighted by Gasteiger charge is 2.42. The molecule has 21 heteroatoms. The second-order valence-corrected chi connectivity index (χ2v) is 25.0. The fraction of sp³-hybridized carbons (Fsp3) is 0.464. The Hall–Kier alpha value is -8.85. The maximum atomic E-state index is 14.2. The third kappa shape index (κ3) is 21.4. The van der Waals surface area contributed by atoms with E-state index in [0.29, 0.717) is 16.9 Å². The number of aryl methyl sites for hydroxylation is 2. The lowest BCUT2D eigenvalue weighted by Gasteiger charge is -2.40. The first-order valence-electron chi connectivity index (χ1n) is 30.6. The quantitative estimate of drug-likeness (QED) is 0.0164. The lowest BCUT2D eigenvalue weighted by Crippen LogP contribution is -2.61. The molecule has 0 aliphatic rings. The lowest BCUT2D eigenvalue weighted by molar-refractivity contribution is -0.141. The number of carboxylic acids is 1. The van der Waals surface area contributed by atoms with E-state index in [0.717, 1.165) is 39.8 Å². The van der Waals surface area contributed by atoms with Gasteiger partial charge < -0.3 is 62.6 Å². The Labute approximate surface area is 531 Å². The molecule has 5 atom stereocenters. The van der Waals surface area contributed by atoms with Gasteiger partial charge in [-0.2, -0.15) is 0 Å². The van der Waals surface area contributed by atoms with Crippen LogP contribution >= 0.6 is 0 Å². The van der Waals surface area contributed by atoms with Crippen LogP contribution in [0.15, 0.2) is 109 Å². The number of urea groups is 1. The summed E-state index contributed by atoms with van der Waals surface area (Å²) < 4.78 is 5.53. The van der Waals surface area contributed by atoms with Crippen molar-refractivity contribution in [1.82, 2.24) is 36.8 Å². The number of benzene rings is 4. The summed E-state index contributed by atoms with van der Waals surface area (Å²) in [6, 6.07) is 22.3. The Morgan fingerprint density at radius 3 is 1.98 bits per heavy atom. The minimum absolute atomic E-state index is 0.0897. The zero-order valence-electron chi connectivity index (χ0n) is 54.9. The Morgan fingerprint density at radius 1 is 0.756 bits per heavy atom. The van der Waals surface area contributed by atoms with Crippen LogP contribution in [0.2, 0.25) is 0 Å². The van der Waals surface area contributed by atoms with Gasteiger partial charge >= 0.3 is 18.1 Å². The van der Waals surface area contributed by atoms with Crippen molar-refractivity contribution in [2.24, 2.45) is 23.0 Å². The molecule has 0 unspecified atom stereocenters. The van der Waals surface area contributed by atoms with Crippen molar-refractivity contribution in [2.45, 2.75) is 171 Å². The van der Waals surface area contributed by atoms with E-state index < -0.39 is 88.7 Å². The number of likely N-dealkylation sites (N-methyl/N-ethyl adjacent to an activating group) is 2. The number of carbonyl (C=O) groups is 9. The van der Waals surface area contributed by atoms with E-state index in [-0.39, 0.29) is 75.2 Å². The molecule has 0 saturated carbocycles. The van der Waals surface area contributed by atoms with Crippen LogP contribution < -0.4 is 47.9 Å². The molecule has 0 aliphatic heterocycles. The predicted molar refractivity (Wildman–Crippen MR) is 352 cm³/mol. The summed E-state index contributed by atoms with van der Waals surface area (Å²) in [6.07, 6.45) is 3.31. The fourth-order valence-corrected chi connectivity index (χ4v) is 10.5. The number of amides is 9. The Bertz CT molecular complexity index is 3200. The molecule has 10 N–H and O–H groups in total. The van der Waals surface area contributed by atoms with Crippen molar-refractivity contribution in [3.05, 3.63) is 148 Å². The maximum absolute atomic E-state index is 14.2. The molecule has 4 aromatic carbocycles. The number of aliphatic carboxylic acids is 1. The minimum atomic E-state index is -1.12. The van der Waals surface area contributed by atoms with Crippen LogP contribution in [0.4, 0.5) is 21.0 Å². The van der Waals surface area contributed by atoms with Gasteiger partial charge in [-0.15, -0.1) is 0 Å². The fourth-order valence-electron chi connectivity index (χ4n) is 10.5. The Morgan fingerprint density at radius 2 is 1.40 bits per heavy atom. The smallest absolute Gasteiger partial charge is 0.407 e. The number of hydrogen-bond donors (Lipinski definition) is 9. The van der Waals surface area contributed by atoms with Crippen molar-refractivity contribution in [2.75, 3.05) is 30.9 Å². The third-order valence-corrected chi connectivity index (χ3v) is 16.0. The van der Waals surface area contributed by atoms with Gasteiger partial charge in [0.2, 0.25) is 35.4 Å². The zero-order valence-corrected chi connectivity index (χ0v) is 54.9. The molecule has 0 spiro atoms. The lowest BCUT2D eigenvalue weighted by atomic mass is 9.76. The number of anilines is 2. The maximum Gasteiger partial charge on any atom is 0.407 e. The van der Waals surface area contributed by atoms with Crippen LogP contribution in [-0.4, -0.2) is 114 Å². The summed E-state index contributed by atoms with van der Waals surface area (Å²) in [5, 5.41) is 29.4. The van der Waals surface area contributed by atoms with Crippen LogP contribution in [0.1, 0.15) is 141 Å². The monoisotopic (exact) mass is 1240 g/mol. The molecule has 0 aromatic heterocycles. The summed E-state index contributed by atoms with van der Waals surface area (Å²) in [5.41, 5.74) is 10.8. The van der Waals surface area contributed by atoms with Crippen LogP contribution in [0.5, 0.6) is 0 Å². The molecule has 488 valence electrons. The topological polar surface area (TPSA) is 300 Å². The van der Waals surface area contributed by atoms with Gasteiger partial charge in [0.1, 0.15) is 24.7 Å². The normalized spacial score (nSPS) is 13.4. The molecule has 0 heterocycles. The van der Waals surface area contributed by atoms with Gasteiger partial charge in [0.15, 0.2) is 0 Å².